The Hall–Kier alpha value is -2.62. The van der Waals surface area contributed by atoms with Crippen molar-refractivity contribution in [2.75, 3.05) is 52.8 Å². The summed E-state index contributed by atoms with van der Waals surface area (Å²) >= 11 is 0. The predicted molar refractivity (Wildman–Crippen MR) is 110 cm³/mol. The van der Waals surface area contributed by atoms with Gasteiger partial charge in [-0.15, -0.1) is 0 Å². The summed E-state index contributed by atoms with van der Waals surface area (Å²) in [6.45, 7) is 2.21. The van der Waals surface area contributed by atoms with Gasteiger partial charge >= 0.3 is 0 Å². The van der Waals surface area contributed by atoms with Crippen molar-refractivity contribution < 1.29 is 22.7 Å². The number of piperazine rings is 1. The Kier molecular flexibility index (Phi) is 6.41. The Morgan fingerprint density at radius 3 is 2.17 bits per heavy atom. The van der Waals surface area contributed by atoms with Crippen LogP contribution in [0.3, 0.4) is 0 Å². The molecule has 0 saturated carbocycles. The number of likely N-dealkylation sites (N-methyl/N-ethyl adjacent to an activating group) is 1. The van der Waals surface area contributed by atoms with E-state index in [9.17, 15) is 13.2 Å². The number of methoxy groups -OCH3 is 2. The van der Waals surface area contributed by atoms with Crippen molar-refractivity contribution in [1.29, 1.82) is 0 Å². The molecule has 29 heavy (non-hydrogen) atoms. The number of carbonyl (C=O) groups excluding carboxylic acids is 1. The smallest absolute Gasteiger partial charge is 0.255 e. The van der Waals surface area contributed by atoms with Crippen molar-refractivity contribution in [3.63, 3.8) is 0 Å². The van der Waals surface area contributed by atoms with E-state index in [1.807, 2.05) is 7.05 Å². The van der Waals surface area contributed by atoms with Crippen molar-refractivity contribution in [2.24, 2.45) is 0 Å². The summed E-state index contributed by atoms with van der Waals surface area (Å²) in [6.07, 6.45) is 0. The summed E-state index contributed by atoms with van der Waals surface area (Å²) in [5.74, 6) is 0.646. The number of sulfonamides is 1. The van der Waals surface area contributed by atoms with Crippen LogP contribution >= 0.6 is 0 Å². The maximum absolute atomic E-state index is 12.9. The number of nitrogens with one attached hydrogen (secondary N) is 1. The molecular formula is C20H25N3O5S. The molecule has 1 amide bonds. The Balaban J connectivity index is 1.81. The minimum absolute atomic E-state index is 0.109. The van der Waals surface area contributed by atoms with Gasteiger partial charge in [-0.2, -0.15) is 4.31 Å². The quantitative estimate of drug-likeness (QED) is 0.769. The first-order valence-electron chi connectivity index (χ1n) is 9.16. The molecule has 1 aliphatic rings. The van der Waals surface area contributed by atoms with Crippen molar-refractivity contribution in [1.82, 2.24) is 9.21 Å². The molecule has 0 unspecified atom stereocenters. The highest BCUT2D eigenvalue weighted by molar-refractivity contribution is 7.89. The molecule has 0 radical (unpaired) electrons. The number of rotatable bonds is 6. The van der Waals surface area contributed by atoms with Gasteiger partial charge in [-0.05, 0) is 25.2 Å². The molecule has 3 rings (SSSR count). The fourth-order valence-corrected chi connectivity index (χ4v) is 4.53. The number of ether oxygens (including phenoxy) is 2. The summed E-state index contributed by atoms with van der Waals surface area (Å²) in [7, 11) is 1.35. The van der Waals surface area contributed by atoms with E-state index in [1.165, 1.54) is 30.7 Å². The van der Waals surface area contributed by atoms with E-state index in [0.717, 1.165) is 0 Å². The number of hydrogen-bond donors (Lipinski definition) is 1. The van der Waals surface area contributed by atoms with Crippen molar-refractivity contribution in [3.05, 3.63) is 48.0 Å². The number of benzene rings is 2. The lowest BCUT2D eigenvalue weighted by Gasteiger charge is -2.31. The molecular weight excluding hydrogens is 394 g/mol. The molecule has 0 spiro atoms. The minimum atomic E-state index is -3.65. The van der Waals surface area contributed by atoms with Crippen LogP contribution in [0, 0.1) is 0 Å². The molecule has 2 aromatic rings. The maximum Gasteiger partial charge on any atom is 0.255 e. The SMILES string of the molecule is COc1cc(NC(=O)c2cccc(S(=O)(=O)N3CCN(C)CC3)c2)cc(OC)c1. The number of carbonyl (C=O) groups is 1. The standard InChI is InChI=1S/C20H25N3O5S/c1-22-7-9-23(10-8-22)29(25,26)19-6-4-5-15(11-19)20(24)21-16-12-17(27-2)14-18(13-16)28-3/h4-6,11-14H,7-10H2,1-3H3,(H,21,24). The third kappa shape index (κ3) is 4.87. The Morgan fingerprint density at radius 2 is 1.59 bits per heavy atom. The first kappa shape index (κ1) is 21.1. The van der Waals surface area contributed by atoms with E-state index in [2.05, 4.69) is 10.2 Å². The van der Waals surface area contributed by atoms with Crippen molar-refractivity contribution in [2.45, 2.75) is 4.90 Å². The molecule has 1 heterocycles. The number of nitrogens with zero attached hydrogens (tertiary/aromatic N) is 2. The Morgan fingerprint density at radius 1 is 0.966 bits per heavy atom. The molecule has 2 aromatic carbocycles. The third-order valence-corrected chi connectivity index (χ3v) is 6.70. The van der Waals surface area contributed by atoms with Gasteiger partial charge in [-0.1, -0.05) is 6.07 Å². The number of hydrogen-bond acceptors (Lipinski definition) is 6. The maximum atomic E-state index is 12.9. The second kappa shape index (κ2) is 8.81. The van der Waals surface area contributed by atoms with E-state index >= 15 is 0 Å². The van der Waals surface area contributed by atoms with Crippen molar-refractivity contribution in [3.8, 4) is 11.5 Å². The monoisotopic (exact) mass is 419 g/mol. The molecule has 1 fully saturated rings. The van der Waals surface area contributed by atoms with E-state index in [4.69, 9.17) is 9.47 Å². The van der Waals surface area contributed by atoms with Gasteiger partial charge in [0.05, 0.1) is 19.1 Å². The van der Waals surface area contributed by atoms with Gasteiger partial charge < -0.3 is 19.7 Å². The zero-order valence-electron chi connectivity index (χ0n) is 16.7. The lowest BCUT2D eigenvalue weighted by molar-refractivity contribution is 0.102. The number of anilines is 1. The van der Waals surface area contributed by atoms with Crippen LogP contribution in [0.25, 0.3) is 0 Å². The van der Waals surface area contributed by atoms with Gasteiger partial charge in [-0.25, -0.2) is 8.42 Å². The summed E-state index contributed by atoms with van der Waals surface area (Å²) in [5.41, 5.74) is 0.737. The molecule has 1 N–H and O–H groups in total. The van der Waals surface area contributed by atoms with Crippen LogP contribution in [-0.2, 0) is 10.0 Å². The lowest BCUT2D eigenvalue weighted by Crippen LogP contribution is -2.47. The van der Waals surface area contributed by atoms with Crippen LogP contribution in [0.2, 0.25) is 0 Å². The molecule has 9 heteroatoms. The highest BCUT2D eigenvalue weighted by Gasteiger charge is 2.28. The highest BCUT2D eigenvalue weighted by Crippen LogP contribution is 2.26. The zero-order chi connectivity index (χ0) is 21.0. The zero-order valence-corrected chi connectivity index (χ0v) is 17.5. The lowest BCUT2D eigenvalue weighted by atomic mass is 10.2. The van der Waals surface area contributed by atoms with Crippen LogP contribution < -0.4 is 14.8 Å². The molecule has 1 saturated heterocycles. The van der Waals surface area contributed by atoms with Gasteiger partial charge in [0.25, 0.3) is 5.91 Å². The second-order valence-corrected chi connectivity index (χ2v) is 8.73. The van der Waals surface area contributed by atoms with Gasteiger partial charge in [0.1, 0.15) is 11.5 Å². The van der Waals surface area contributed by atoms with Crippen molar-refractivity contribution >= 4 is 21.6 Å². The van der Waals surface area contributed by atoms with Crippen LogP contribution in [0.15, 0.2) is 47.4 Å². The Bertz CT molecular complexity index is 963. The summed E-state index contributed by atoms with van der Waals surface area (Å²) in [4.78, 5) is 14.9. The van der Waals surface area contributed by atoms with Crippen LogP contribution in [0.4, 0.5) is 5.69 Å². The minimum Gasteiger partial charge on any atom is -0.497 e. The summed E-state index contributed by atoms with van der Waals surface area (Å²) in [6, 6.07) is 11.1. The molecule has 156 valence electrons. The van der Waals surface area contributed by atoms with E-state index in [1.54, 1.807) is 30.3 Å². The van der Waals surface area contributed by atoms with Gasteiger partial charge in [-0.3, -0.25) is 4.79 Å². The molecule has 0 atom stereocenters. The fraction of sp³-hybridized carbons (Fsp3) is 0.350. The normalized spacial score (nSPS) is 15.7. The average molecular weight is 420 g/mol. The average Bonchev–Trinajstić information content (AvgIpc) is 2.73. The van der Waals surface area contributed by atoms with Crippen LogP contribution in [0.1, 0.15) is 10.4 Å². The third-order valence-electron chi connectivity index (χ3n) is 4.81. The molecule has 1 aliphatic heterocycles. The van der Waals surface area contributed by atoms with E-state index in [0.29, 0.717) is 43.4 Å². The van der Waals surface area contributed by atoms with Gasteiger partial charge in [0, 0.05) is 55.6 Å². The fourth-order valence-electron chi connectivity index (χ4n) is 3.06. The molecule has 0 aromatic heterocycles. The second-order valence-electron chi connectivity index (χ2n) is 6.79. The largest absolute Gasteiger partial charge is 0.497 e. The van der Waals surface area contributed by atoms with E-state index in [-0.39, 0.29) is 10.5 Å². The van der Waals surface area contributed by atoms with E-state index < -0.39 is 15.9 Å². The molecule has 0 aliphatic carbocycles. The first-order valence-corrected chi connectivity index (χ1v) is 10.6. The highest BCUT2D eigenvalue weighted by atomic mass is 32.2. The summed E-state index contributed by atoms with van der Waals surface area (Å²) in [5, 5.41) is 2.76. The summed E-state index contributed by atoms with van der Waals surface area (Å²) < 4.78 is 37.7. The van der Waals surface area contributed by atoms with Gasteiger partial charge in [0.15, 0.2) is 0 Å². The first-order chi connectivity index (χ1) is 13.8. The molecule has 8 nitrogen and oxygen atoms in total. The number of amides is 1. The predicted octanol–water partition coefficient (Wildman–Crippen LogP) is 1.89. The Labute approximate surface area is 171 Å². The molecule has 0 bridgehead atoms. The van der Waals surface area contributed by atoms with Gasteiger partial charge in [0.2, 0.25) is 10.0 Å². The van der Waals surface area contributed by atoms with Crippen LogP contribution in [-0.4, -0.2) is 71.0 Å². The van der Waals surface area contributed by atoms with Crippen LogP contribution in [0.5, 0.6) is 11.5 Å². The topological polar surface area (TPSA) is 88.2 Å².